The van der Waals surface area contributed by atoms with Gasteiger partial charge in [-0.25, -0.2) is 9.36 Å². The third kappa shape index (κ3) is 2.91. The summed E-state index contributed by atoms with van der Waals surface area (Å²) < 4.78 is 2.49. The van der Waals surface area contributed by atoms with Crippen LogP contribution in [-0.4, -0.2) is 36.6 Å². The minimum Gasteiger partial charge on any atom is -0.396 e. The third-order valence-corrected chi connectivity index (χ3v) is 3.42. The maximum Gasteiger partial charge on any atom is 0.268 e. The number of nitrogens with one attached hydrogen (secondary N) is 1. The van der Waals surface area contributed by atoms with E-state index in [9.17, 15) is 9.59 Å². The molecular formula is C12H15N7O2. The Morgan fingerprint density at radius 3 is 2.81 bits per heavy atom. The van der Waals surface area contributed by atoms with E-state index in [-0.39, 0.29) is 24.3 Å². The van der Waals surface area contributed by atoms with Crippen molar-refractivity contribution in [3.63, 3.8) is 0 Å². The van der Waals surface area contributed by atoms with Crippen molar-refractivity contribution in [2.24, 2.45) is 5.92 Å². The largest absolute Gasteiger partial charge is 0.396 e. The predicted octanol–water partition coefficient (Wildman–Crippen LogP) is 0.136. The van der Waals surface area contributed by atoms with Gasteiger partial charge in [-0.2, -0.15) is 5.10 Å². The fourth-order valence-corrected chi connectivity index (χ4v) is 2.02. The Morgan fingerprint density at radius 1 is 1.38 bits per heavy atom. The van der Waals surface area contributed by atoms with Crippen LogP contribution in [0.5, 0.6) is 0 Å². The number of nitrogens with zero attached hydrogens (tertiary/aromatic N) is 5. The van der Waals surface area contributed by atoms with Crippen molar-refractivity contribution in [1.29, 1.82) is 0 Å². The number of nitrogen functional groups attached to an aromatic ring is 1. The van der Waals surface area contributed by atoms with Crippen molar-refractivity contribution in [3.05, 3.63) is 18.6 Å². The van der Waals surface area contributed by atoms with Gasteiger partial charge in [0.05, 0.1) is 24.3 Å². The van der Waals surface area contributed by atoms with Crippen LogP contribution in [0.4, 0.5) is 11.5 Å². The van der Waals surface area contributed by atoms with Crippen LogP contribution in [0, 0.1) is 5.92 Å². The maximum absolute atomic E-state index is 11.9. The molecule has 2 aromatic rings. The molecule has 9 heteroatoms. The number of carbonyl (C=O) groups excluding carboxylic acids is 2. The number of hydrogen-bond donors (Lipinski definition) is 2. The van der Waals surface area contributed by atoms with Gasteiger partial charge < -0.3 is 11.1 Å². The summed E-state index contributed by atoms with van der Waals surface area (Å²) in [5, 5.41) is 14.1. The molecule has 1 aliphatic carbocycles. The second-order valence-corrected chi connectivity index (χ2v) is 5.03. The summed E-state index contributed by atoms with van der Waals surface area (Å²) >= 11 is 0. The first kappa shape index (κ1) is 13.3. The zero-order valence-electron chi connectivity index (χ0n) is 11.3. The molecule has 1 fully saturated rings. The van der Waals surface area contributed by atoms with Gasteiger partial charge in [0.1, 0.15) is 6.54 Å². The van der Waals surface area contributed by atoms with Crippen LogP contribution in [0.25, 0.3) is 0 Å². The summed E-state index contributed by atoms with van der Waals surface area (Å²) in [5.74, 6) is 0.0801. The normalized spacial score (nSPS) is 14.7. The number of amides is 1. The van der Waals surface area contributed by atoms with Gasteiger partial charge in [0.25, 0.3) is 5.91 Å². The van der Waals surface area contributed by atoms with Gasteiger partial charge in [-0.3, -0.25) is 9.59 Å². The van der Waals surface area contributed by atoms with E-state index in [1.807, 2.05) is 0 Å². The molecule has 0 unspecified atom stereocenters. The average molecular weight is 289 g/mol. The van der Waals surface area contributed by atoms with Crippen molar-refractivity contribution in [2.45, 2.75) is 25.8 Å². The number of hydrogen-bond acceptors (Lipinski definition) is 6. The molecule has 1 aliphatic rings. The fourth-order valence-electron chi connectivity index (χ4n) is 2.02. The molecular weight excluding hydrogens is 274 g/mol. The summed E-state index contributed by atoms with van der Waals surface area (Å²) in [7, 11) is 0. The van der Waals surface area contributed by atoms with E-state index >= 15 is 0 Å². The topological polar surface area (TPSA) is 121 Å². The van der Waals surface area contributed by atoms with E-state index in [1.54, 1.807) is 0 Å². The second-order valence-electron chi connectivity index (χ2n) is 5.03. The molecule has 0 saturated heterocycles. The SMILES string of the molecule is Nc1cnn(C(=O)Cn2cc(NC(=O)C3CCC3)nn2)c1. The van der Waals surface area contributed by atoms with E-state index < -0.39 is 0 Å². The standard InChI is InChI=1S/C12H15N7O2/c13-9-4-14-19(5-9)11(20)7-18-6-10(16-17-18)15-12(21)8-2-1-3-8/h4-6,8H,1-3,7,13H2,(H,15,21). The molecule has 2 heterocycles. The number of aromatic nitrogens is 5. The van der Waals surface area contributed by atoms with Crippen molar-refractivity contribution in [1.82, 2.24) is 24.8 Å². The van der Waals surface area contributed by atoms with Crippen LogP contribution in [0.15, 0.2) is 18.6 Å². The van der Waals surface area contributed by atoms with E-state index in [4.69, 9.17) is 5.73 Å². The number of anilines is 2. The smallest absolute Gasteiger partial charge is 0.268 e. The van der Waals surface area contributed by atoms with Crippen molar-refractivity contribution in [3.8, 4) is 0 Å². The molecule has 0 atom stereocenters. The van der Waals surface area contributed by atoms with Crippen molar-refractivity contribution in [2.75, 3.05) is 11.1 Å². The van der Waals surface area contributed by atoms with Crippen LogP contribution in [0.1, 0.15) is 24.1 Å². The highest BCUT2D eigenvalue weighted by molar-refractivity contribution is 5.92. The van der Waals surface area contributed by atoms with Gasteiger partial charge >= 0.3 is 0 Å². The summed E-state index contributed by atoms with van der Waals surface area (Å²) in [6.45, 7) is -0.0343. The molecule has 9 nitrogen and oxygen atoms in total. The molecule has 0 aliphatic heterocycles. The molecule has 1 amide bonds. The Morgan fingerprint density at radius 2 is 2.19 bits per heavy atom. The van der Waals surface area contributed by atoms with Crippen molar-refractivity contribution < 1.29 is 9.59 Å². The lowest BCUT2D eigenvalue weighted by Gasteiger charge is -2.23. The molecule has 2 aromatic heterocycles. The highest BCUT2D eigenvalue weighted by Gasteiger charge is 2.25. The number of carbonyl (C=O) groups is 2. The summed E-state index contributed by atoms with van der Waals surface area (Å²) in [4.78, 5) is 23.7. The zero-order chi connectivity index (χ0) is 14.8. The van der Waals surface area contributed by atoms with Gasteiger partial charge in [0.15, 0.2) is 5.82 Å². The third-order valence-electron chi connectivity index (χ3n) is 3.42. The van der Waals surface area contributed by atoms with Gasteiger partial charge in [-0.1, -0.05) is 11.6 Å². The monoisotopic (exact) mass is 289 g/mol. The Hall–Kier alpha value is -2.71. The first-order valence-electron chi connectivity index (χ1n) is 6.66. The second kappa shape index (κ2) is 5.35. The van der Waals surface area contributed by atoms with Crippen LogP contribution in [0.3, 0.4) is 0 Å². The van der Waals surface area contributed by atoms with E-state index in [0.717, 1.165) is 23.9 Å². The molecule has 21 heavy (non-hydrogen) atoms. The average Bonchev–Trinajstić information content (AvgIpc) is 2.96. The lowest BCUT2D eigenvalue weighted by molar-refractivity contribution is -0.122. The lowest BCUT2D eigenvalue weighted by Crippen LogP contribution is -2.28. The number of nitrogens with two attached hydrogens (primary N) is 1. The molecule has 0 aromatic carbocycles. The predicted molar refractivity (Wildman–Crippen MR) is 73.3 cm³/mol. The van der Waals surface area contributed by atoms with Crippen LogP contribution < -0.4 is 11.1 Å². The minimum atomic E-state index is -0.298. The summed E-state index contributed by atoms with van der Waals surface area (Å²) in [6, 6.07) is 0. The Bertz CT molecular complexity index is 671. The van der Waals surface area contributed by atoms with Crippen LogP contribution in [0.2, 0.25) is 0 Å². The van der Waals surface area contributed by atoms with E-state index in [0.29, 0.717) is 11.5 Å². The number of rotatable bonds is 4. The lowest BCUT2D eigenvalue weighted by atomic mass is 9.85. The summed E-state index contributed by atoms with van der Waals surface area (Å²) in [5.41, 5.74) is 5.91. The quantitative estimate of drug-likeness (QED) is 0.825. The first-order chi connectivity index (χ1) is 10.1. The Labute approximate surface area is 120 Å². The first-order valence-corrected chi connectivity index (χ1v) is 6.66. The van der Waals surface area contributed by atoms with Crippen molar-refractivity contribution >= 4 is 23.3 Å². The van der Waals surface area contributed by atoms with Gasteiger partial charge in [0.2, 0.25) is 5.91 Å². The fraction of sp³-hybridized carbons (Fsp3) is 0.417. The Balaban J connectivity index is 1.59. The van der Waals surface area contributed by atoms with Gasteiger partial charge in [-0.15, -0.1) is 5.10 Å². The van der Waals surface area contributed by atoms with E-state index in [1.165, 1.54) is 23.3 Å². The summed E-state index contributed by atoms with van der Waals surface area (Å²) in [6.07, 6.45) is 7.26. The molecule has 1 saturated carbocycles. The molecule has 3 N–H and O–H groups in total. The van der Waals surface area contributed by atoms with Gasteiger partial charge in [-0.05, 0) is 12.8 Å². The van der Waals surface area contributed by atoms with E-state index in [2.05, 4.69) is 20.7 Å². The molecule has 0 spiro atoms. The Kier molecular flexibility index (Phi) is 3.38. The molecule has 110 valence electrons. The highest BCUT2D eigenvalue weighted by Crippen LogP contribution is 2.27. The van der Waals surface area contributed by atoms with Crippen LogP contribution >= 0.6 is 0 Å². The zero-order valence-corrected chi connectivity index (χ0v) is 11.3. The molecule has 3 rings (SSSR count). The molecule has 0 radical (unpaired) electrons. The highest BCUT2D eigenvalue weighted by atomic mass is 16.2. The maximum atomic E-state index is 11.9. The molecule has 0 bridgehead atoms. The minimum absolute atomic E-state index is 0.0343. The van der Waals surface area contributed by atoms with Crippen LogP contribution in [-0.2, 0) is 11.3 Å². The van der Waals surface area contributed by atoms with Gasteiger partial charge in [0, 0.05) is 5.92 Å².